The molecule has 3 nitrogen and oxygen atoms in total. The highest BCUT2D eigenvalue weighted by Crippen LogP contribution is 2.14. The van der Waals surface area contributed by atoms with E-state index in [-0.39, 0.29) is 11.9 Å². The van der Waals surface area contributed by atoms with Crippen LogP contribution in [0.15, 0.2) is 0 Å². The molecule has 1 amide bonds. The van der Waals surface area contributed by atoms with Gasteiger partial charge in [-0.05, 0) is 38.3 Å². The highest BCUT2D eigenvalue weighted by atomic mass is 16.1. The standard InChI is InChI=1S/C13H22N2O/c1-3-5-12(4-2)15-13(16)7-6-11-8-9-14-10-11/h1,11-12,14H,4-10H2,2H3,(H,15,16). The van der Waals surface area contributed by atoms with E-state index < -0.39 is 0 Å². The Morgan fingerprint density at radius 1 is 1.69 bits per heavy atom. The zero-order valence-corrected chi connectivity index (χ0v) is 10.1. The van der Waals surface area contributed by atoms with Crippen molar-refractivity contribution in [3.8, 4) is 12.3 Å². The average Bonchev–Trinajstić information content (AvgIpc) is 2.78. The van der Waals surface area contributed by atoms with Crippen molar-refractivity contribution >= 4 is 5.91 Å². The van der Waals surface area contributed by atoms with E-state index >= 15 is 0 Å². The number of nitrogens with one attached hydrogen (secondary N) is 2. The lowest BCUT2D eigenvalue weighted by atomic mass is 10.0. The van der Waals surface area contributed by atoms with Gasteiger partial charge in [0.1, 0.15) is 0 Å². The van der Waals surface area contributed by atoms with Gasteiger partial charge in [0.15, 0.2) is 0 Å². The summed E-state index contributed by atoms with van der Waals surface area (Å²) in [7, 11) is 0. The summed E-state index contributed by atoms with van der Waals surface area (Å²) in [4.78, 5) is 11.6. The Bertz CT molecular complexity index is 251. The van der Waals surface area contributed by atoms with Crippen LogP contribution < -0.4 is 10.6 Å². The molecule has 16 heavy (non-hydrogen) atoms. The normalized spacial score (nSPS) is 21.4. The molecule has 0 aromatic heterocycles. The Labute approximate surface area is 98.4 Å². The number of terminal acetylenes is 1. The van der Waals surface area contributed by atoms with Gasteiger partial charge >= 0.3 is 0 Å². The molecule has 1 aliphatic rings. The number of carbonyl (C=O) groups is 1. The summed E-state index contributed by atoms with van der Waals surface area (Å²) in [6, 6.07) is 0.152. The lowest BCUT2D eigenvalue weighted by molar-refractivity contribution is -0.122. The van der Waals surface area contributed by atoms with Gasteiger partial charge in [0, 0.05) is 18.9 Å². The third-order valence-corrected chi connectivity index (χ3v) is 3.16. The predicted molar refractivity (Wildman–Crippen MR) is 65.9 cm³/mol. The summed E-state index contributed by atoms with van der Waals surface area (Å²) < 4.78 is 0. The molecule has 1 rings (SSSR count). The minimum Gasteiger partial charge on any atom is -0.352 e. The van der Waals surface area contributed by atoms with Gasteiger partial charge in [-0.25, -0.2) is 0 Å². The number of hydrogen-bond acceptors (Lipinski definition) is 2. The van der Waals surface area contributed by atoms with E-state index in [1.165, 1.54) is 6.42 Å². The molecule has 90 valence electrons. The van der Waals surface area contributed by atoms with E-state index in [2.05, 4.69) is 16.6 Å². The Hall–Kier alpha value is -1.01. The summed E-state index contributed by atoms with van der Waals surface area (Å²) >= 11 is 0. The molecular weight excluding hydrogens is 200 g/mol. The number of carbonyl (C=O) groups excluding carboxylic acids is 1. The number of hydrogen-bond donors (Lipinski definition) is 2. The largest absolute Gasteiger partial charge is 0.352 e. The Morgan fingerprint density at radius 2 is 2.50 bits per heavy atom. The molecule has 2 atom stereocenters. The molecular formula is C13H22N2O. The fraction of sp³-hybridized carbons (Fsp3) is 0.769. The van der Waals surface area contributed by atoms with Crippen molar-refractivity contribution in [1.29, 1.82) is 0 Å². The first kappa shape index (κ1) is 13.1. The van der Waals surface area contributed by atoms with Crippen LogP contribution in [0.5, 0.6) is 0 Å². The maximum atomic E-state index is 11.6. The molecule has 0 saturated carbocycles. The van der Waals surface area contributed by atoms with Crippen LogP contribution in [-0.4, -0.2) is 25.0 Å². The molecule has 1 aliphatic heterocycles. The van der Waals surface area contributed by atoms with Crippen LogP contribution in [0.4, 0.5) is 0 Å². The van der Waals surface area contributed by atoms with Crippen LogP contribution in [0.3, 0.4) is 0 Å². The summed E-state index contributed by atoms with van der Waals surface area (Å²) in [5.74, 6) is 3.42. The second kappa shape index (κ2) is 7.29. The van der Waals surface area contributed by atoms with Crippen LogP contribution in [0, 0.1) is 18.3 Å². The Morgan fingerprint density at radius 3 is 3.06 bits per heavy atom. The van der Waals surface area contributed by atoms with Gasteiger partial charge in [-0.3, -0.25) is 4.79 Å². The quantitative estimate of drug-likeness (QED) is 0.665. The van der Waals surface area contributed by atoms with Crippen molar-refractivity contribution in [2.45, 2.75) is 45.1 Å². The fourth-order valence-electron chi connectivity index (χ4n) is 2.04. The topological polar surface area (TPSA) is 41.1 Å². The SMILES string of the molecule is C#CCC(CC)NC(=O)CCC1CCNC1. The lowest BCUT2D eigenvalue weighted by Crippen LogP contribution is -2.34. The van der Waals surface area contributed by atoms with Crippen molar-refractivity contribution in [1.82, 2.24) is 10.6 Å². The van der Waals surface area contributed by atoms with E-state index in [1.807, 2.05) is 6.92 Å². The molecule has 2 unspecified atom stereocenters. The maximum Gasteiger partial charge on any atom is 0.220 e. The van der Waals surface area contributed by atoms with E-state index in [0.717, 1.165) is 25.9 Å². The lowest BCUT2D eigenvalue weighted by Gasteiger charge is -2.15. The third-order valence-electron chi connectivity index (χ3n) is 3.16. The van der Waals surface area contributed by atoms with E-state index in [0.29, 0.717) is 18.8 Å². The summed E-state index contributed by atoms with van der Waals surface area (Å²) in [5.41, 5.74) is 0. The summed E-state index contributed by atoms with van der Waals surface area (Å²) in [6.07, 6.45) is 9.61. The molecule has 0 aromatic rings. The van der Waals surface area contributed by atoms with E-state index in [4.69, 9.17) is 6.42 Å². The highest BCUT2D eigenvalue weighted by molar-refractivity contribution is 5.76. The van der Waals surface area contributed by atoms with Crippen molar-refractivity contribution in [2.24, 2.45) is 5.92 Å². The fourth-order valence-corrected chi connectivity index (χ4v) is 2.04. The van der Waals surface area contributed by atoms with Crippen LogP contribution in [-0.2, 0) is 4.79 Å². The predicted octanol–water partition coefficient (Wildman–Crippen LogP) is 1.29. The smallest absolute Gasteiger partial charge is 0.220 e. The summed E-state index contributed by atoms with van der Waals surface area (Å²) in [5, 5.41) is 6.30. The van der Waals surface area contributed by atoms with E-state index in [1.54, 1.807) is 0 Å². The zero-order chi connectivity index (χ0) is 11.8. The second-order valence-corrected chi connectivity index (χ2v) is 4.48. The number of rotatable bonds is 6. The van der Waals surface area contributed by atoms with Gasteiger partial charge in [0.2, 0.25) is 5.91 Å². The molecule has 1 fully saturated rings. The number of amides is 1. The molecule has 1 saturated heterocycles. The third kappa shape index (κ3) is 4.67. The van der Waals surface area contributed by atoms with Crippen LogP contribution in [0.25, 0.3) is 0 Å². The zero-order valence-electron chi connectivity index (χ0n) is 10.1. The molecule has 0 aromatic carbocycles. The monoisotopic (exact) mass is 222 g/mol. The maximum absolute atomic E-state index is 11.6. The Balaban J connectivity index is 2.16. The van der Waals surface area contributed by atoms with Gasteiger partial charge in [-0.2, -0.15) is 0 Å². The van der Waals surface area contributed by atoms with Crippen LogP contribution in [0.1, 0.15) is 39.0 Å². The first-order valence-electron chi connectivity index (χ1n) is 6.19. The van der Waals surface area contributed by atoms with Gasteiger partial charge in [0.05, 0.1) is 0 Å². The minimum absolute atomic E-state index is 0.147. The highest BCUT2D eigenvalue weighted by Gasteiger charge is 2.16. The van der Waals surface area contributed by atoms with Crippen molar-refractivity contribution < 1.29 is 4.79 Å². The van der Waals surface area contributed by atoms with Crippen LogP contribution >= 0.6 is 0 Å². The van der Waals surface area contributed by atoms with Crippen molar-refractivity contribution in [3.63, 3.8) is 0 Å². The van der Waals surface area contributed by atoms with Crippen molar-refractivity contribution in [3.05, 3.63) is 0 Å². The van der Waals surface area contributed by atoms with Gasteiger partial charge in [-0.15, -0.1) is 12.3 Å². The van der Waals surface area contributed by atoms with Gasteiger partial charge in [0.25, 0.3) is 0 Å². The first-order valence-corrected chi connectivity index (χ1v) is 6.19. The summed E-state index contributed by atoms with van der Waals surface area (Å²) in [6.45, 7) is 4.21. The molecule has 0 aliphatic carbocycles. The average molecular weight is 222 g/mol. The molecule has 0 radical (unpaired) electrons. The molecule has 0 bridgehead atoms. The van der Waals surface area contributed by atoms with Crippen molar-refractivity contribution in [2.75, 3.05) is 13.1 Å². The molecule has 1 heterocycles. The molecule has 3 heteroatoms. The first-order chi connectivity index (χ1) is 7.76. The van der Waals surface area contributed by atoms with Crippen LogP contribution in [0.2, 0.25) is 0 Å². The minimum atomic E-state index is 0.147. The van der Waals surface area contributed by atoms with E-state index in [9.17, 15) is 4.79 Å². The Kier molecular flexibility index (Phi) is 5.95. The molecule has 2 N–H and O–H groups in total. The van der Waals surface area contributed by atoms with Gasteiger partial charge in [-0.1, -0.05) is 6.92 Å². The molecule has 0 spiro atoms. The van der Waals surface area contributed by atoms with Gasteiger partial charge < -0.3 is 10.6 Å². The second-order valence-electron chi connectivity index (χ2n) is 4.48.